The first kappa shape index (κ1) is 42.8. The van der Waals surface area contributed by atoms with Crippen molar-refractivity contribution in [2.45, 2.75) is 19.3 Å². The van der Waals surface area contributed by atoms with E-state index in [1.54, 1.807) is 0 Å². The van der Waals surface area contributed by atoms with Gasteiger partial charge in [0.25, 0.3) is 0 Å². The number of hydrogen-bond acceptors (Lipinski definition) is 2. The molecule has 0 N–H and O–H groups in total. The number of aromatic nitrogens is 1. The van der Waals surface area contributed by atoms with E-state index in [-0.39, 0.29) is 5.41 Å². The highest BCUT2D eigenvalue weighted by Gasteiger charge is 2.37. The van der Waals surface area contributed by atoms with Crippen molar-refractivity contribution in [1.82, 2.24) is 4.57 Å². The minimum atomic E-state index is -0.269. The van der Waals surface area contributed by atoms with Gasteiger partial charge in [-0.3, -0.25) is 0 Å². The molecule has 1 aliphatic rings. The van der Waals surface area contributed by atoms with Crippen LogP contribution in [0, 0.1) is 0 Å². The Morgan fingerprint density at radius 2 is 0.914 bits per heavy atom. The fourth-order valence-electron chi connectivity index (χ4n) is 10.4. The number of fused-ring (bicyclic) bond motifs is 4. The van der Waals surface area contributed by atoms with Crippen molar-refractivity contribution in [2.24, 2.45) is 0 Å². The lowest BCUT2D eigenvalue weighted by molar-refractivity contribution is 0.660. The van der Waals surface area contributed by atoms with Crippen LogP contribution in [0.2, 0.25) is 0 Å². The maximum Gasteiger partial charge on any atom is 0.0541 e. The first-order valence-electron chi connectivity index (χ1n) is 24.0. The van der Waals surface area contributed by atoms with E-state index in [0.29, 0.717) is 0 Å². The third-order valence-electron chi connectivity index (χ3n) is 14.1. The Bertz CT molecular complexity index is 3620. The van der Waals surface area contributed by atoms with Crippen LogP contribution >= 0.6 is 11.3 Å². The zero-order valence-electron chi connectivity index (χ0n) is 39.3. The summed E-state index contributed by atoms with van der Waals surface area (Å²) in [5, 5.41) is 1.19. The van der Waals surface area contributed by atoms with Gasteiger partial charge in [0.2, 0.25) is 0 Å². The Morgan fingerprint density at radius 1 is 0.443 bits per heavy atom. The summed E-state index contributed by atoms with van der Waals surface area (Å²) in [5.41, 5.74) is 21.2. The predicted octanol–water partition coefficient (Wildman–Crippen LogP) is 18.9. The Morgan fingerprint density at radius 3 is 1.50 bits per heavy atom. The van der Waals surface area contributed by atoms with E-state index in [0.717, 1.165) is 45.1 Å². The summed E-state index contributed by atoms with van der Waals surface area (Å²) >= 11 is 1.83. The van der Waals surface area contributed by atoms with Gasteiger partial charge in [0.05, 0.1) is 11.2 Å². The van der Waals surface area contributed by atoms with Crippen molar-refractivity contribution in [3.8, 4) is 59.9 Å². The molecule has 70 heavy (non-hydrogen) atoms. The molecule has 0 bridgehead atoms. The highest BCUT2D eigenvalue weighted by atomic mass is 32.1. The Kier molecular flexibility index (Phi) is 10.9. The number of hydrogen-bond donors (Lipinski definition) is 0. The number of anilines is 3. The summed E-state index contributed by atoms with van der Waals surface area (Å²) in [6.45, 7) is 9.14. The molecular weight excluding hydrogens is 865 g/mol. The van der Waals surface area contributed by atoms with Crippen LogP contribution in [0.4, 0.5) is 17.1 Å². The van der Waals surface area contributed by atoms with E-state index in [4.69, 9.17) is 0 Å². The molecule has 0 unspecified atom stereocenters. The van der Waals surface area contributed by atoms with Crippen LogP contribution < -0.4 is 4.90 Å². The molecule has 0 saturated carbocycles. The van der Waals surface area contributed by atoms with Crippen LogP contribution in [-0.4, -0.2) is 4.57 Å². The first-order valence-corrected chi connectivity index (χ1v) is 24.8. The highest BCUT2D eigenvalue weighted by Crippen LogP contribution is 2.52. The van der Waals surface area contributed by atoms with Crippen molar-refractivity contribution in [3.05, 3.63) is 271 Å². The second-order valence-electron chi connectivity index (χ2n) is 18.6. The third kappa shape index (κ3) is 7.71. The van der Waals surface area contributed by atoms with Crippen LogP contribution in [0.5, 0.6) is 0 Å². The molecule has 0 spiro atoms. The summed E-state index contributed by atoms with van der Waals surface area (Å²) in [4.78, 5) is 4.94. The van der Waals surface area contributed by atoms with E-state index < -0.39 is 0 Å². The summed E-state index contributed by atoms with van der Waals surface area (Å²) < 4.78 is 2.39. The lowest BCUT2D eigenvalue weighted by atomic mass is 9.82. The Labute approximate surface area is 415 Å². The molecule has 9 aromatic carbocycles. The topological polar surface area (TPSA) is 8.17 Å². The number of rotatable bonds is 11. The summed E-state index contributed by atoms with van der Waals surface area (Å²) in [5.74, 6) is 0. The molecule has 11 aromatic rings. The molecular formula is C67H50N2S. The molecule has 0 radical (unpaired) electrons. The number of para-hydroxylation sites is 1. The van der Waals surface area contributed by atoms with Crippen LogP contribution in [0.25, 0.3) is 89.1 Å². The van der Waals surface area contributed by atoms with Crippen LogP contribution in [0.1, 0.15) is 41.8 Å². The van der Waals surface area contributed by atoms with E-state index in [9.17, 15) is 0 Å². The lowest BCUT2D eigenvalue weighted by Gasteiger charge is -2.28. The number of thiophene rings is 1. The standard InChI is InChI=1S/C67H50N2S/c1-4-63-60(39-26-46-24-27-52(28-25-46)66-43-42-65(70-66)51-20-12-7-13-21-51)59-22-14-15-23-64(59)69(63)56-38-41-58-57-40-37-55(44-61(57)67(2,3)62(58)45-56)68(53-33-29-49(30-34-53)47-16-8-5-9-17-47)54-35-31-50(32-36-54)48-18-10-6-11-19-48/h4-45H,1H2,2-3H3/b39-26+. The summed E-state index contributed by atoms with van der Waals surface area (Å²) in [6.07, 6.45) is 6.50. The van der Waals surface area contributed by atoms with Gasteiger partial charge < -0.3 is 9.47 Å². The van der Waals surface area contributed by atoms with Crippen LogP contribution in [-0.2, 0) is 5.41 Å². The van der Waals surface area contributed by atoms with Crippen molar-refractivity contribution in [1.29, 1.82) is 0 Å². The maximum atomic E-state index is 4.39. The van der Waals surface area contributed by atoms with E-state index in [2.05, 4.69) is 279 Å². The maximum absolute atomic E-state index is 4.39. The molecule has 0 atom stereocenters. The smallest absolute Gasteiger partial charge is 0.0541 e. The molecule has 2 nitrogen and oxygen atoms in total. The fraction of sp³-hybridized carbons (Fsp3) is 0.0448. The van der Waals surface area contributed by atoms with Gasteiger partial charge in [0.1, 0.15) is 0 Å². The lowest BCUT2D eigenvalue weighted by Crippen LogP contribution is -2.17. The van der Waals surface area contributed by atoms with Gasteiger partial charge in [-0.1, -0.05) is 202 Å². The summed E-state index contributed by atoms with van der Waals surface area (Å²) in [6, 6.07) is 85.9. The SMILES string of the molecule is C=Cc1c(/C=C/c2ccc(-c3ccc(-c4ccccc4)s3)cc2)c2ccccc2n1-c1ccc2c(c1)C(C)(C)c1cc(N(c3ccc(-c4ccccc4)cc3)c3ccc(-c4ccccc4)cc3)ccc1-2. The van der Waals surface area contributed by atoms with Crippen molar-refractivity contribution in [2.75, 3.05) is 4.90 Å². The molecule has 2 heterocycles. The minimum absolute atomic E-state index is 0.269. The molecule has 334 valence electrons. The quantitative estimate of drug-likeness (QED) is 0.126. The zero-order chi connectivity index (χ0) is 47.2. The molecule has 2 aromatic heterocycles. The number of benzene rings is 9. The van der Waals surface area contributed by atoms with Gasteiger partial charge in [-0.05, 0) is 134 Å². The van der Waals surface area contributed by atoms with Crippen LogP contribution in [0.3, 0.4) is 0 Å². The zero-order valence-corrected chi connectivity index (χ0v) is 40.1. The number of nitrogens with zero attached hydrogens (tertiary/aromatic N) is 2. The van der Waals surface area contributed by atoms with Crippen LogP contribution in [0.15, 0.2) is 243 Å². The van der Waals surface area contributed by atoms with E-state index in [1.807, 2.05) is 17.4 Å². The second kappa shape index (κ2) is 17.9. The van der Waals surface area contributed by atoms with E-state index >= 15 is 0 Å². The van der Waals surface area contributed by atoms with Gasteiger partial charge in [0, 0.05) is 48.9 Å². The molecule has 0 fully saturated rings. The van der Waals surface area contributed by atoms with E-state index in [1.165, 1.54) is 70.8 Å². The first-order chi connectivity index (χ1) is 34.4. The van der Waals surface area contributed by atoms with Gasteiger partial charge in [0.15, 0.2) is 0 Å². The van der Waals surface area contributed by atoms with Gasteiger partial charge in [-0.2, -0.15) is 0 Å². The second-order valence-corrected chi connectivity index (χ2v) is 19.7. The molecule has 1 aliphatic carbocycles. The van der Waals surface area contributed by atoms with Crippen molar-refractivity contribution in [3.63, 3.8) is 0 Å². The van der Waals surface area contributed by atoms with Crippen molar-refractivity contribution < 1.29 is 0 Å². The average molecular weight is 915 g/mol. The summed E-state index contributed by atoms with van der Waals surface area (Å²) in [7, 11) is 0. The van der Waals surface area contributed by atoms with Gasteiger partial charge in [-0.25, -0.2) is 0 Å². The average Bonchev–Trinajstić information content (AvgIpc) is 4.11. The Hall–Kier alpha value is -8.50. The van der Waals surface area contributed by atoms with Gasteiger partial charge >= 0.3 is 0 Å². The molecule has 0 saturated heterocycles. The predicted molar refractivity (Wildman–Crippen MR) is 301 cm³/mol. The Balaban J connectivity index is 0.877. The molecule has 3 heteroatoms. The third-order valence-corrected chi connectivity index (χ3v) is 15.3. The van der Waals surface area contributed by atoms with Crippen molar-refractivity contribution >= 4 is 57.5 Å². The molecule has 0 amide bonds. The fourth-order valence-corrected chi connectivity index (χ4v) is 11.5. The monoisotopic (exact) mass is 914 g/mol. The normalized spacial score (nSPS) is 12.5. The largest absolute Gasteiger partial charge is 0.310 e. The minimum Gasteiger partial charge on any atom is -0.310 e. The molecule has 12 rings (SSSR count). The van der Waals surface area contributed by atoms with Gasteiger partial charge in [-0.15, -0.1) is 11.3 Å². The highest BCUT2D eigenvalue weighted by molar-refractivity contribution is 7.18. The molecule has 0 aliphatic heterocycles.